The van der Waals surface area contributed by atoms with Crippen LogP contribution in [0.2, 0.25) is 0 Å². The Hall–Kier alpha value is -2.27. The first-order chi connectivity index (χ1) is 10.2. The fourth-order valence-electron chi connectivity index (χ4n) is 2.19. The molecule has 0 aromatic heterocycles. The van der Waals surface area contributed by atoms with Gasteiger partial charge in [-0.1, -0.05) is 36.4 Å². The molecule has 0 bridgehead atoms. The quantitative estimate of drug-likeness (QED) is 0.940. The second-order valence-corrected chi connectivity index (χ2v) is 5.79. The van der Waals surface area contributed by atoms with Gasteiger partial charge in [0.1, 0.15) is 0 Å². The lowest BCUT2D eigenvalue weighted by atomic mass is 10.2. The lowest BCUT2D eigenvalue weighted by Gasteiger charge is -2.15. The van der Waals surface area contributed by atoms with Crippen molar-refractivity contribution in [1.29, 1.82) is 0 Å². The molecule has 2 amide bonds. The van der Waals surface area contributed by atoms with E-state index in [4.69, 9.17) is 0 Å². The first-order valence-corrected chi connectivity index (χ1v) is 7.46. The number of thioether (sulfide) groups is 1. The zero-order chi connectivity index (χ0) is 14.8. The fourth-order valence-corrected chi connectivity index (χ4v) is 3.08. The van der Waals surface area contributed by atoms with Crippen molar-refractivity contribution in [3.63, 3.8) is 0 Å². The van der Waals surface area contributed by atoms with E-state index in [1.807, 2.05) is 49.4 Å². The van der Waals surface area contributed by atoms with Gasteiger partial charge in [-0.3, -0.25) is 9.59 Å². The monoisotopic (exact) mass is 298 g/mol. The van der Waals surface area contributed by atoms with Crippen molar-refractivity contribution < 1.29 is 9.59 Å². The van der Waals surface area contributed by atoms with Gasteiger partial charge in [-0.05, 0) is 42.4 Å². The molecule has 4 nitrogen and oxygen atoms in total. The van der Waals surface area contributed by atoms with Crippen LogP contribution in [0.15, 0.2) is 54.6 Å². The average molecular weight is 298 g/mol. The molecule has 3 rings (SSSR count). The third kappa shape index (κ3) is 2.64. The summed E-state index contributed by atoms with van der Waals surface area (Å²) in [6.45, 7) is 1.96. The van der Waals surface area contributed by atoms with E-state index in [2.05, 4.69) is 5.32 Å². The van der Waals surface area contributed by atoms with E-state index in [0.29, 0.717) is 5.69 Å². The van der Waals surface area contributed by atoms with Crippen LogP contribution in [0.1, 0.15) is 5.56 Å². The highest BCUT2D eigenvalue weighted by atomic mass is 32.2. The summed E-state index contributed by atoms with van der Waals surface area (Å²) in [5, 5.41) is 2.30. The van der Waals surface area contributed by atoms with Gasteiger partial charge in [-0.25, -0.2) is 4.90 Å². The summed E-state index contributed by atoms with van der Waals surface area (Å²) < 4.78 is 0. The summed E-state index contributed by atoms with van der Waals surface area (Å²) in [5.41, 5.74) is 2.51. The van der Waals surface area contributed by atoms with Gasteiger partial charge in [0.05, 0.1) is 5.69 Å². The summed E-state index contributed by atoms with van der Waals surface area (Å²) in [7, 11) is 0. The molecule has 1 heterocycles. The molecule has 0 radical (unpaired) electrons. The van der Waals surface area contributed by atoms with Crippen LogP contribution in [0.5, 0.6) is 0 Å². The van der Waals surface area contributed by atoms with Gasteiger partial charge in [0, 0.05) is 5.69 Å². The van der Waals surface area contributed by atoms with E-state index in [-0.39, 0.29) is 11.1 Å². The number of rotatable bonds is 3. The van der Waals surface area contributed by atoms with Crippen LogP contribution >= 0.6 is 11.8 Å². The van der Waals surface area contributed by atoms with Gasteiger partial charge in [-0.15, -0.1) is 0 Å². The van der Waals surface area contributed by atoms with Crippen molar-refractivity contribution in [2.75, 3.05) is 10.2 Å². The topological polar surface area (TPSA) is 49.4 Å². The van der Waals surface area contributed by atoms with Crippen LogP contribution in [0.4, 0.5) is 16.2 Å². The van der Waals surface area contributed by atoms with Crippen LogP contribution in [-0.4, -0.2) is 16.5 Å². The molecule has 2 aromatic carbocycles. The van der Waals surface area contributed by atoms with Gasteiger partial charge >= 0.3 is 0 Å². The van der Waals surface area contributed by atoms with Gasteiger partial charge in [-0.2, -0.15) is 0 Å². The zero-order valence-electron chi connectivity index (χ0n) is 11.4. The van der Waals surface area contributed by atoms with Crippen LogP contribution < -0.4 is 10.2 Å². The number of para-hydroxylation sites is 2. The Morgan fingerprint density at radius 2 is 1.67 bits per heavy atom. The molecule has 1 aliphatic heterocycles. The molecule has 0 saturated carbocycles. The molecule has 2 aromatic rings. The van der Waals surface area contributed by atoms with E-state index >= 15 is 0 Å². The Labute approximate surface area is 127 Å². The highest BCUT2D eigenvalue weighted by Crippen LogP contribution is 2.32. The van der Waals surface area contributed by atoms with Crippen molar-refractivity contribution in [2.45, 2.75) is 12.3 Å². The third-order valence-electron chi connectivity index (χ3n) is 3.29. The fraction of sp³-hybridized carbons (Fsp3) is 0.125. The zero-order valence-corrected chi connectivity index (χ0v) is 12.3. The average Bonchev–Trinajstić information content (AvgIpc) is 2.77. The molecule has 0 aliphatic carbocycles. The summed E-state index contributed by atoms with van der Waals surface area (Å²) >= 11 is 1.01. The number of nitrogens with zero attached hydrogens (tertiary/aromatic N) is 1. The Morgan fingerprint density at radius 1 is 1.00 bits per heavy atom. The summed E-state index contributed by atoms with van der Waals surface area (Å²) in [5.74, 6) is -0.237. The van der Waals surface area contributed by atoms with Crippen LogP contribution in [-0.2, 0) is 4.79 Å². The number of anilines is 2. The molecule has 0 spiro atoms. The highest BCUT2D eigenvalue weighted by molar-refractivity contribution is 8.16. The molecular formula is C16H14N2O2S. The predicted molar refractivity (Wildman–Crippen MR) is 85.5 cm³/mol. The maximum atomic E-state index is 12.5. The molecule has 1 saturated heterocycles. The van der Waals surface area contributed by atoms with Crippen molar-refractivity contribution in [3.8, 4) is 0 Å². The second kappa shape index (κ2) is 5.61. The molecule has 1 N–H and O–H groups in total. The molecule has 1 atom stereocenters. The van der Waals surface area contributed by atoms with E-state index < -0.39 is 5.37 Å². The van der Waals surface area contributed by atoms with Gasteiger partial charge in [0.25, 0.3) is 11.1 Å². The first-order valence-electron chi connectivity index (χ1n) is 6.58. The molecule has 106 valence electrons. The molecule has 1 aliphatic rings. The normalized spacial score (nSPS) is 18.1. The Bertz CT molecular complexity index is 688. The molecule has 5 heteroatoms. The largest absolute Gasteiger partial charge is 0.365 e. The minimum absolute atomic E-state index is 0.237. The van der Waals surface area contributed by atoms with E-state index in [9.17, 15) is 9.59 Å². The number of carbonyl (C=O) groups is 2. The van der Waals surface area contributed by atoms with E-state index in [1.165, 1.54) is 4.90 Å². The van der Waals surface area contributed by atoms with E-state index in [1.54, 1.807) is 12.1 Å². The number of hydrogen-bond acceptors (Lipinski definition) is 4. The Morgan fingerprint density at radius 3 is 2.38 bits per heavy atom. The maximum Gasteiger partial charge on any atom is 0.295 e. The number of benzene rings is 2. The molecule has 0 unspecified atom stereocenters. The van der Waals surface area contributed by atoms with Crippen molar-refractivity contribution >= 4 is 34.3 Å². The smallest absolute Gasteiger partial charge is 0.295 e. The SMILES string of the molecule is Cc1ccccc1N[C@@H]1SC(=O)N(c2ccccc2)C1=O. The highest BCUT2D eigenvalue weighted by Gasteiger charge is 2.40. The minimum atomic E-state index is -0.584. The van der Waals surface area contributed by atoms with Crippen LogP contribution in [0.3, 0.4) is 0 Å². The van der Waals surface area contributed by atoms with Gasteiger partial charge < -0.3 is 5.32 Å². The maximum absolute atomic E-state index is 12.5. The van der Waals surface area contributed by atoms with Crippen LogP contribution in [0.25, 0.3) is 0 Å². The summed E-state index contributed by atoms with van der Waals surface area (Å²) in [6.07, 6.45) is 0. The lowest BCUT2D eigenvalue weighted by molar-refractivity contribution is -0.116. The summed E-state index contributed by atoms with van der Waals surface area (Å²) in [4.78, 5) is 25.8. The van der Waals surface area contributed by atoms with Gasteiger partial charge in [0.15, 0.2) is 5.37 Å². The minimum Gasteiger partial charge on any atom is -0.365 e. The van der Waals surface area contributed by atoms with Crippen molar-refractivity contribution in [1.82, 2.24) is 0 Å². The molecular weight excluding hydrogens is 284 g/mol. The number of hydrogen-bond donors (Lipinski definition) is 1. The number of amides is 2. The van der Waals surface area contributed by atoms with Crippen molar-refractivity contribution in [3.05, 3.63) is 60.2 Å². The third-order valence-corrected chi connectivity index (χ3v) is 4.23. The second-order valence-electron chi connectivity index (χ2n) is 4.73. The predicted octanol–water partition coefficient (Wildman–Crippen LogP) is 3.63. The van der Waals surface area contributed by atoms with Crippen molar-refractivity contribution in [2.24, 2.45) is 0 Å². The molecule has 1 fully saturated rings. The number of aryl methyl sites for hydroxylation is 1. The Balaban J connectivity index is 1.83. The summed E-state index contributed by atoms with van der Waals surface area (Å²) in [6, 6.07) is 16.7. The van der Waals surface area contributed by atoms with Crippen LogP contribution in [0, 0.1) is 6.92 Å². The first kappa shape index (κ1) is 13.7. The lowest BCUT2D eigenvalue weighted by Crippen LogP contribution is -2.34. The standard InChI is InChI=1S/C16H14N2O2S/c1-11-7-5-6-10-13(11)17-14-15(19)18(16(20)21-14)12-8-3-2-4-9-12/h2-10,14,17H,1H3/t14-/m1/s1. The number of nitrogens with one attached hydrogen (secondary N) is 1. The van der Waals surface area contributed by atoms with E-state index in [0.717, 1.165) is 23.0 Å². The number of imide groups is 1. The van der Waals surface area contributed by atoms with Gasteiger partial charge in [0.2, 0.25) is 0 Å². The molecule has 21 heavy (non-hydrogen) atoms. The number of carbonyl (C=O) groups excluding carboxylic acids is 2. The Kier molecular flexibility index (Phi) is 3.66.